The smallest absolute Gasteiger partial charge is 0.419 e. The van der Waals surface area contributed by atoms with Crippen molar-refractivity contribution in [3.05, 3.63) is 48.0 Å². The SMILES string of the molecule is C/C=C\C.O=C(NC1CCC(N2CC(O)(C(F)(F)F)C2)CC1)OCc1ccccc1. The Bertz CT molecular complexity index is 677. The Kier molecular flexibility index (Phi) is 8.73. The van der Waals surface area contributed by atoms with E-state index in [0.29, 0.717) is 25.7 Å². The first kappa shape index (κ1) is 24.2. The second-order valence-corrected chi connectivity index (χ2v) is 7.81. The van der Waals surface area contributed by atoms with Crippen LogP contribution in [0.15, 0.2) is 42.5 Å². The molecule has 1 aromatic carbocycles. The van der Waals surface area contributed by atoms with E-state index in [1.54, 1.807) is 4.90 Å². The molecule has 1 aromatic rings. The number of carbonyl (C=O) groups excluding carboxylic acids is 1. The lowest BCUT2D eigenvalue weighted by Crippen LogP contribution is -2.71. The van der Waals surface area contributed by atoms with Gasteiger partial charge in [-0.15, -0.1) is 0 Å². The molecule has 0 atom stereocenters. The van der Waals surface area contributed by atoms with Crippen molar-refractivity contribution in [2.45, 2.75) is 70.0 Å². The number of allylic oxidation sites excluding steroid dienone is 2. The Morgan fingerprint density at radius 1 is 1.17 bits per heavy atom. The summed E-state index contributed by atoms with van der Waals surface area (Å²) in [5, 5.41) is 12.3. The highest BCUT2D eigenvalue weighted by atomic mass is 19.4. The van der Waals surface area contributed by atoms with Gasteiger partial charge in [0.25, 0.3) is 0 Å². The Hall–Kier alpha value is -2.06. The zero-order valence-electron chi connectivity index (χ0n) is 17.5. The standard InChI is InChI=1S/C18H23F3N2O3.C4H8/c19-18(20,21)17(25)11-23(12-17)15-8-6-14(7-9-15)22-16(24)26-10-13-4-2-1-3-5-13;1-3-4-2/h1-5,14-15,25H,6-12H2,(H,22,24);3-4H,1-2H3/b;4-3-. The van der Waals surface area contributed by atoms with Crippen LogP contribution in [0.4, 0.5) is 18.0 Å². The molecule has 8 heteroatoms. The Morgan fingerprint density at radius 2 is 1.73 bits per heavy atom. The van der Waals surface area contributed by atoms with Crippen LogP contribution in [0.5, 0.6) is 0 Å². The van der Waals surface area contributed by atoms with Crippen molar-refractivity contribution >= 4 is 6.09 Å². The first-order valence-corrected chi connectivity index (χ1v) is 10.3. The van der Waals surface area contributed by atoms with Crippen LogP contribution in [0.2, 0.25) is 0 Å². The molecular formula is C22H31F3N2O3. The van der Waals surface area contributed by atoms with E-state index in [4.69, 9.17) is 4.74 Å². The molecule has 0 unspecified atom stereocenters. The molecule has 2 aliphatic rings. The third kappa shape index (κ3) is 6.74. The van der Waals surface area contributed by atoms with E-state index in [1.165, 1.54) is 0 Å². The largest absolute Gasteiger partial charge is 0.445 e. The van der Waals surface area contributed by atoms with Crippen molar-refractivity contribution in [2.75, 3.05) is 13.1 Å². The number of alkyl carbamates (subject to hydrolysis) is 1. The number of halogens is 3. The van der Waals surface area contributed by atoms with Gasteiger partial charge in [0.15, 0.2) is 5.60 Å². The number of alkyl halides is 3. The molecule has 0 radical (unpaired) electrons. The fourth-order valence-electron chi connectivity index (χ4n) is 3.58. The molecule has 5 nitrogen and oxygen atoms in total. The predicted molar refractivity (Wildman–Crippen MR) is 109 cm³/mol. The van der Waals surface area contributed by atoms with Gasteiger partial charge in [-0.25, -0.2) is 4.79 Å². The molecule has 2 N–H and O–H groups in total. The van der Waals surface area contributed by atoms with E-state index in [1.807, 2.05) is 56.3 Å². The fourth-order valence-corrected chi connectivity index (χ4v) is 3.58. The van der Waals surface area contributed by atoms with Gasteiger partial charge in [-0.1, -0.05) is 42.5 Å². The number of hydrogen-bond donors (Lipinski definition) is 2. The lowest BCUT2D eigenvalue weighted by Gasteiger charge is -2.51. The van der Waals surface area contributed by atoms with Gasteiger partial charge in [0.1, 0.15) is 6.61 Å². The third-order valence-electron chi connectivity index (χ3n) is 5.54. The minimum atomic E-state index is -4.58. The average Bonchev–Trinajstić information content (AvgIpc) is 2.71. The highest BCUT2D eigenvalue weighted by Crippen LogP contribution is 2.40. The van der Waals surface area contributed by atoms with Gasteiger partial charge in [-0.05, 0) is 45.1 Å². The Morgan fingerprint density at radius 3 is 2.23 bits per heavy atom. The number of β-amino-alcohol motifs (C(OH)–C–C–N with tert-alkyl or cyclic N) is 1. The van der Waals surface area contributed by atoms with Crippen LogP contribution in [0.1, 0.15) is 45.1 Å². The van der Waals surface area contributed by atoms with Crippen LogP contribution < -0.4 is 5.32 Å². The van der Waals surface area contributed by atoms with Crippen molar-refractivity contribution in [1.29, 1.82) is 0 Å². The number of rotatable bonds is 4. The van der Waals surface area contributed by atoms with E-state index in [-0.39, 0.29) is 31.8 Å². The van der Waals surface area contributed by atoms with Crippen LogP contribution in [-0.2, 0) is 11.3 Å². The lowest BCUT2D eigenvalue weighted by molar-refractivity contribution is -0.306. The molecule has 1 aliphatic carbocycles. The molecule has 1 aliphatic heterocycles. The third-order valence-corrected chi connectivity index (χ3v) is 5.54. The van der Waals surface area contributed by atoms with E-state index >= 15 is 0 Å². The van der Waals surface area contributed by atoms with Gasteiger partial charge in [0.2, 0.25) is 0 Å². The van der Waals surface area contributed by atoms with E-state index in [2.05, 4.69) is 5.32 Å². The highest BCUT2D eigenvalue weighted by molar-refractivity contribution is 5.67. The van der Waals surface area contributed by atoms with Crippen molar-refractivity contribution in [2.24, 2.45) is 0 Å². The lowest BCUT2D eigenvalue weighted by atomic mass is 9.84. The quantitative estimate of drug-likeness (QED) is 0.698. The molecule has 3 rings (SSSR count). The molecule has 1 amide bonds. The molecule has 168 valence electrons. The van der Waals surface area contributed by atoms with Crippen molar-refractivity contribution in [3.8, 4) is 0 Å². The van der Waals surface area contributed by atoms with Crippen LogP contribution in [-0.4, -0.2) is 53.1 Å². The highest BCUT2D eigenvalue weighted by Gasteiger charge is 2.61. The first-order chi connectivity index (χ1) is 14.2. The van der Waals surface area contributed by atoms with Crippen LogP contribution in [0, 0.1) is 0 Å². The number of hydrogen-bond acceptors (Lipinski definition) is 4. The van der Waals surface area contributed by atoms with Gasteiger partial charge in [0.05, 0.1) is 0 Å². The van der Waals surface area contributed by atoms with E-state index in [9.17, 15) is 23.1 Å². The zero-order valence-corrected chi connectivity index (χ0v) is 17.5. The topological polar surface area (TPSA) is 61.8 Å². The maximum atomic E-state index is 12.7. The number of carbonyl (C=O) groups is 1. The van der Waals surface area contributed by atoms with Crippen LogP contribution in [0.3, 0.4) is 0 Å². The maximum absolute atomic E-state index is 12.7. The number of amides is 1. The fraction of sp³-hybridized carbons (Fsp3) is 0.591. The Balaban J connectivity index is 0.000000735. The summed E-state index contributed by atoms with van der Waals surface area (Å²) < 4.78 is 43.2. The molecule has 0 bridgehead atoms. The minimum absolute atomic E-state index is 0.0241. The first-order valence-electron chi connectivity index (χ1n) is 10.3. The molecule has 30 heavy (non-hydrogen) atoms. The van der Waals surface area contributed by atoms with Crippen LogP contribution >= 0.6 is 0 Å². The Labute approximate surface area is 175 Å². The maximum Gasteiger partial charge on any atom is 0.419 e. The summed E-state index contributed by atoms with van der Waals surface area (Å²) in [5.74, 6) is 0. The van der Waals surface area contributed by atoms with Gasteiger partial charge < -0.3 is 15.2 Å². The summed E-state index contributed by atoms with van der Waals surface area (Å²) in [6, 6.07) is 9.35. The molecule has 2 fully saturated rings. The van der Waals surface area contributed by atoms with E-state index < -0.39 is 17.9 Å². The zero-order chi connectivity index (χ0) is 22.2. The second kappa shape index (κ2) is 10.8. The molecule has 1 heterocycles. The molecule has 1 saturated heterocycles. The van der Waals surface area contributed by atoms with Crippen molar-refractivity contribution in [1.82, 2.24) is 10.2 Å². The van der Waals surface area contributed by atoms with E-state index in [0.717, 1.165) is 5.56 Å². The number of likely N-dealkylation sites (tertiary alicyclic amines) is 1. The summed E-state index contributed by atoms with van der Waals surface area (Å²) in [6.07, 6.45) is 1.70. The monoisotopic (exact) mass is 428 g/mol. The molecule has 0 aromatic heterocycles. The van der Waals surface area contributed by atoms with Gasteiger partial charge in [-0.3, -0.25) is 4.90 Å². The molecule has 1 saturated carbocycles. The number of ether oxygens (including phenoxy) is 1. The normalized spacial score (nSPS) is 23.8. The number of nitrogens with zero attached hydrogens (tertiary/aromatic N) is 1. The van der Waals surface area contributed by atoms with Crippen LogP contribution in [0.25, 0.3) is 0 Å². The number of nitrogens with one attached hydrogen (secondary N) is 1. The summed E-state index contributed by atoms with van der Waals surface area (Å²) >= 11 is 0. The van der Waals surface area contributed by atoms with Crippen molar-refractivity contribution in [3.63, 3.8) is 0 Å². The van der Waals surface area contributed by atoms with Gasteiger partial charge >= 0.3 is 12.3 Å². The number of aliphatic hydroxyl groups is 1. The van der Waals surface area contributed by atoms with Crippen molar-refractivity contribution < 1.29 is 27.8 Å². The molecule has 0 spiro atoms. The summed E-state index contributed by atoms with van der Waals surface area (Å²) in [7, 11) is 0. The predicted octanol–water partition coefficient (Wildman–Crippen LogP) is 4.42. The summed E-state index contributed by atoms with van der Waals surface area (Å²) in [6.45, 7) is 3.47. The summed E-state index contributed by atoms with van der Waals surface area (Å²) in [4.78, 5) is 13.5. The van der Waals surface area contributed by atoms with Gasteiger partial charge in [0, 0.05) is 25.2 Å². The second-order valence-electron chi connectivity index (χ2n) is 7.81. The molecular weight excluding hydrogens is 397 g/mol. The number of benzene rings is 1. The minimum Gasteiger partial charge on any atom is -0.445 e. The summed E-state index contributed by atoms with van der Waals surface area (Å²) in [5.41, 5.74) is -1.66. The van der Waals surface area contributed by atoms with Gasteiger partial charge in [-0.2, -0.15) is 13.2 Å². The average molecular weight is 428 g/mol.